The number of nitrogens with zero attached hydrogens (tertiary/aromatic N) is 3. The van der Waals surface area contributed by atoms with Crippen molar-refractivity contribution in [2.75, 3.05) is 0 Å². The van der Waals surface area contributed by atoms with Crippen LogP contribution >= 0.6 is 0 Å². The summed E-state index contributed by atoms with van der Waals surface area (Å²) in [5, 5.41) is 2.96. The normalized spacial score (nSPS) is 14.6. The summed E-state index contributed by atoms with van der Waals surface area (Å²) < 4.78 is 1.53. The molecule has 6 heteroatoms. The number of rotatable bonds is 4. The van der Waals surface area contributed by atoms with Crippen molar-refractivity contribution in [3.05, 3.63) is 70.3 Å². The van der Waals surface area contributed by atoms with Gasteiger partial charge in [0.05, 0.1) is 6.54 Å². The van der Waals surface area contributed by atoms with Crippen molar-refractivity contribution >= 4 is 17.1 Å². The summed E-state index contributed by atoms with van der Waals surface area (Å²) in [5.74, 6) is -0.394. The van der Waals surface area contributed by atoms with Crippen LogP contribution in [0.2, 0.25) is 0 Å². The van der Waals surface area contributed by atoms with E-state index in [9.17, 15) is 9.59 Å². The lowest BCUT2D eigenvalue weighted by Crippen LogP contribution is -2.39. The maximum Gasteiger partial charge on any atom is 0.284 e. The van der Waals surface area contributed by atoms with E-state index < -0.39 is 11.5 Å². The van der Waals surface area contributed by atoms with Crippen LogP contribution < -0.4 is 10.9 Å². The maximum absolute atomic E-state index is 13.0. The van der Waals surface area contributed by atoms with Crippen LogP contribution in [0, 0.1) is 0 Å². The summed E-state index contributed by atoms with van der Waals surface area (Å²) in [7, 11) is 0. The highest BCUT2D eigenvalue weighted by atomic mass is 16.2. The molecule has 1 amide bonds. The largest absolute Gasteiger partial charge is 0.348 e. The SMILES string of the molecule is O=C(NC1CCCC1)c1nc2cccnc2n(Cc2ccccc2)c1=O. The van der Waals surface area contributed by atoms with Gasteiger partial charge in [0.25, 0.3) is 11.5 Å². The van der Waals surface area contributed by atoms with E-state index in [-0.39, 0.29) is 11.7 Å². The molecule has 2 heterocycles. The summed E-state index contributed by atoms with van der Waals surface area (Å²) in [5.41, 5.74) is 1.53. The molecule has 1 aliphatic carbocycles. The molecule has 3 aromatic rings. The molecule has 4 rings (SSSR count). The molecule has 0 radical (unpaired) electrons. The van der Waals surface area contributed by atoms with Gasteiger partial charge in [-0.05, 0) is 30.5 Å². The zero-order valence-electron chi connectivity index (χ0n) is 14.4. The third-order valence-electron chi connectivity index (χ3n) is 4.79. The van der Waals surface area contributed by atoms with Gasteiger partial charge in [-0.1, -0.05) is 43.2 Å². The van der Waals surface area contributed by atoms with Gasteiger partial charge >= 0.3 is 0 Å². The highest BCUT2D eigenvalue weighted by molar-refractivity contribution is 5.93. The van der Waals surface area contributed by atoms with Gasteiger partial charge in [0, 0.05) is 12.2 Å². The van der Waals surface area contributed by atoms with Gasteiger partial charge in [0.2, 0.25) is 0 Å². The van der Waals surface area contributed by atoms with Crippen LogP contribution in [0.4, 0.5) is 0 Å². The predicted molar refractivity (Wildman–Crippen MR) is 99.1 cm³/mol. The smallest absolute Gasteiger partial charge is 0.284 e. The second-order valence-electron chi connectivity index (χ2n) is 6.64. The molecule has 2 aromatic heterocycles. The average Bonchev–Trinajstić information content (AvgIpc) is 3.17. The fraction of sp³-hybridized carbons (Fsp3) is 0.300. The molecule has 0 atom stereocenters. The Labute approximate surface area is 150 Å². The Hall–Kier alpha value is -3.02. The molecule has 0 bridgehead atoms. The van der Waals surface area contributed by atoms with Crippen molar-refractivity contribution in [3.63, 3.8) is 0 Å². The lowest BCUT2D eigenvalue weighted by Gasteiger charge is -2.14. The molecule has 26 heavy (non-hydrogen) atoms. The number of amides is 1. The van der Waals surface area contributed by atoms with Gasteiger partial charge in [-0.15, -0.1) is 0 Å². The van der Waals surface area contributed by atoms with Crippen molar-refractivity contribution in [1.82, 2.24) is 19.9 Å². The molecular weight excluding hydrogens is 328 g/mol. The molecule has 1 fully saturated rings. The Kier molecular flexibility index (Phi) is 4.48. The molecule has 1 aliphatic rings. The third-order valence-corrected chi connectivity index (χ3v) is 4.79. The summed E-state index contributed by atoms with van der Waals surface area (Å²) in [6.45, 7) is 0.347. The second-order valence-corrected chi connectivity index (χ2v) is 6.64. The molecule has 0 unspecified atom stereocenters. The van der Waals surface area contributed by atoms with E-state index in [1.165, 1.54) is 4.57 Å². The summed E-state index contributed by atoms with van der Waals surface area (Å²) in [6.07, 6.45) is 5.76. The van der Waals surface area contributed by atoms with Crippen LogP contribution in [0.25, 0.3) is 11.2 Å². The summed E-state index contributed by atoms with van der Waals surface area (Å²) in [6, 6.07) is 13.3. The predicted octanol–water partition coefficient (Wildman–Crippen LogP) is 2.51. The first-order valence-corrected chi connectivity index (χ1v) is 8.93. The van der Waals surface area contributed by atoms with Crippen LogP contribution in [-0.4, -0.2) is 26.5 Å². The molecule has 0 saturated heterocycles. The number of benzene rings is 1. The van der Waals surface area contributed by atoms with Gasteiger partial charge in [0.1, 0.15) is 5.52 Å². The number of aromatic nitrogens is 3. The first kappa shape index (κ1) is 16.4. The number of nitrogens with one attached hydrogen (secondary N) is 1. The lowest BCUT2D eigenvalue weighted by atomic mass is 10.2. The van der Waals surface area contributed by atoms with Crippen LogP contribution in [0.15, 0.2) is 53.5 Å². The number of carbonyl (C=O) groups excluding carboxylic acids is 1. The van der Waals surface area contributed by atoms with E-state index >= 15 is 0 Å². The van der Waals surface area contributed by atoms with E-state index in [1.54, 1.807) is 18.3 Å². The Morgan fingerprint density at radius 1 is 1.12 bits per heavy atom. The second kappa shape index (κ2) is 7.07. The Balaban J connectivity index is 1.77. The van der Waals surface area contributed by atoms with Crippen molar-refractivity contribution in [1.29, 1.82) is 0 Å². The van der Waals surface area contributed by atoms with Crippen molar-refractivity contribution in [3.8, 4) is 0 Å². The molecule has 132 valence electrons. The van der Waals surface area contributed by atoms with E-state index in [2.05, 4.69) is 15.3 Å². The van der Waals surface area contributed by atoms with Crippen molar-refractivity contribution < 1.29 is 4.79 Å². The van der Waals surface area contributed by atoms with Crippen LogP contribution in [0.5, 0.6) is 0 Å². The van der Waals surface area contributed by atoms with E-state index in [1.807, 2.05) is 30.3 Å². The quantitative estimate of drug-likeness (QED) is 0.786. The zero-order chi connectivity index (χ0) is 17.9. The van der Waals surface area contributed by atoms with Gasteiger partial charge < -0.3 is 5.32 Å². The minimum absolute atomic E-state index is 0.0617. The molecule has 1 N–H and O–H groups in total. The molecule has 0 spiro atoms. The minimum Gasteiger partial charge on any atom is -0.348 e. The summed E-state index contributed by atoms with van der Waals surface area (Å²) >= 11 is 0. The number of carbonyl (C=O) groups is 1. The highest BCUT2D eigenvalue weighted by Gasteiger charge is 2.22. The molecule has 6 nitrogen and oxygen atoms in total. The lowest BCUT2D eigenvalue weighted by molar-refractivity contribution is 0.0931. The number of fused-ring (bicyclic) bond motifs is 1. The zero-order valence-corrected chi connectivity index (χ0v) is 14.4. The van der Waals surface area contributed by atoms with Gasteiger partial charge in [-0.2, -0.15) is 0 Å². The third kappa shape index (κ3) is 3.22. The van der Waals surface area contributed by atoms with Gasteiger partial charge in [-0.3, -0.25) is 14.2 Å². The Morgan fingerprint density at radius 2 is 1.88 bits per heavy atom. The minimum atomic E-state index is -0.407. The summed E-state index contributed by atoms with van der Waals surface area (Å²) in [4.78, 5) is 34.3. The highest BCUT2D eigenvalue weighted by Crippen LogP contribution is 2.18. The first-order valence-electron chi connectivity index (χ1n) is 8.93. The van der Waals surface area contributed by atoms with Crippen molar-refractivity contribution in [2.24, 2.45) is 0 Å². The molecule has 1 aromatic carbocycles. The topological polar surface area (TPSA) is 76.9 Å². The fourth-order valence-electron chi connectivity index (χ4n) is 3.46. The van der Waals surface area contributed by atoms with Gasteiger partial charge in [-0.25, -0.2) is 9.97 Å². The van der Waals surface area contributed by atoms with Crippen LogP contribution in [0.3, 0.4) is 0 Å². The maximum atomic E-state index is 13.0. The van der Waals surface area contributed by atoms with E-state index in [4.69, 9.17) is 0 Å². The fourth-order valence-corrected chi connectivity index (χ4v) is 3.46. The van der Waals surface area contributed by atoms with E-state index in [0.29, 0.717) is 17.7 Å². The molecule has 0 aliphatic heterocycles. The number of hydrogen-bond donors (Lipinski definition) is 1. The molecule has 1 saturated carbocycles. The van der Waals surface area contributed by atoms with E-state index in [0.717, 1.165) is 31.2 Å². The molecular formula is C20H20N4O2. The monoisotopic (exact) mass is 348 g/mol. The Morgan fingerprint density at radius 3 is 2.65 bits per heavy atom. The van der Waals surface area contributed by atoms with Gasteiger partial charge in [0.15, 0.2) is 11.3 Å². The van der Waals surface area contributed by atoms with Crippen molar-refractivity contribution in [2.45, 2.75) is 38.3 Å². The number of pyridine rings is 1. The van der Waals surface area contributed by atoms with Crippen LogP contribution in [-0.2, 0) is 6.54 Å². The van der Waals surface area contributed by atoms with Crippen LogP contribution in [0.1, 0.15) is 41.7 Å². The number of hydrogen-bond acceptors (Lipinski definition) is 4. The average molecular weight is 348 g/mol. The standard InChI is InChI=1S/C20H20N4O2/c25-19(22-15-9-4-5-10-15)17-20(26)24(13-14-7-2-1-3-8-14)18-16(23-17)11-6-12-21-18/h1-3,6-8,11-12,15H,4-5,9-10,13H2,(H,22,25). The first-order chi connectivity index (χ1) is 12.7. The Bertz CT molecular complexity index is 992.